The standard InChI is InChI=1S/C22H19N5O7S/c1-34-22-11-5-3-9-19(22)25-35(32,33)17-12-13-18(21(15-17)27(30)31)24-23-14-6-8-16-7-2-4-10-20(16)26(28)29/h2-15,24-25H,1H3/b8-6+,23-14?. The monoisotopic (exact) mass is 497 g/mol. The highest BCUT2D eigenvalue weighted by Crippen LogP contribution is 2.30. The Labute approximate surface area is 199 Å². The molecule has 3 rings (SSSR count). The summed E-state index contributed by atoms with van der Waals surface area (Å²) >= 11 is 0. The largest absolute Gasteiger partial charge is 0.495 e. The minimum absolute atomic E-state index is 0.0541. The van der Waals surface area contributed by atoms with Crippen molar-refractivity contribution in [3.63, 3.8) is 0 Å². The van der Waals surface area contributed by atoms with E-state index in [2.05, 4.69) is 15.2 Å². The number of nitro groups is 2. The van der Waals surface area contributed by atoms with Gasteiger partial charge in [0.15, 0.2) is 0 Å². The molecular weight excluding hydrogens is 478 g/mol. The number of hydrazone groups is 1. The summed E-state index contributed by atoms with van der Waals surface area (Å²) in [5.74, 6) is 0.284. The van der Waals surface area contributed by atoms with Gasteiger partial charge in [-0.05, 0) is 42.5 Å². The SMILES string of the molecule is COc1ccccc1NS(=O)(=O)c1ccc(NN=C/C=C/c2ccccc2[N+](=O)[O-])c([N+](=O)[O-])c1. The molecule has 35 heavy (non-hydrogen) atoms. The molecule has 180 valence electrons. The van der Waals surface area contributed by atoms with Gasteiger partial charge in [-0.25, -0.2) is 8.42 Å². The molecule has 0 aliphatic carbocycles. The first kappa shape index (κ1) is 24.9. The third-order valence-corrected chi connectivity index (χ3v) is 5.95. The highest BCUT2D eigenvalue weighted by molar-refractivity contribution is 7.92. The summed E-state index contributed by atoms with van der Waals surface area (Å²) in [5.41, 5.74) is 2.34. The van der Waals surface area contributed by atoms with E-state index in [-0.39, 0.29) is 27.7 Å². The van der Waals surface area contributed by atoms with Gasteiger partial charge in [-0.3, -0.25) is 30.4 Å². The first-order chi connectivity index (χ1) is 16.7. The van der Waals surface area contributed by atoms with E-state index in [4.69, 9.17) is 4.74 Å². The zero-order valence-corrected chi connectivity index (χ0v) is 19.0. The highest BCUT2D eigenvalue weighted by atomic mass is 32.2. The molecule has 0 aromatic heterocycles. The molecule has 0 unspecified atom stereocenters. The van der Waals surface area contributed by atoms with Crippen molar-refractivity contribution in [2.24, 2.45) is 5.10 Å². The zero-order valence-electron chi connectivity index (χ0n) is 18.2. The average molecular weight is 497 g/mol. The van der Waals surface area contributed by atoms with Crippen LogP contribution in [0.1, 0.15) is 5.56 Å². The Hall–Kier alpha value is -4.78. The molecular formula is C22H19N5O7S. The molecule has 0 spiro atoms. The summed E-state index contributed by atoms with van der Waals surface area (Å²) in [6, 6.07) is 15.7. The molecule has 0 saturated heterocycles. The van der Waals surface area contributed by atoms with Gasteiger partial charge in [0.25, 0.3) is 21.4 Å². The smallest absolute Gasteiger partial charge is 0.295 e. The number of hydrogen-bond acceptors (Lipinski definition) is 9. The Morgan fingerprint density at radius 3 is 2.31 bits per heavy atom. The van der Waals surface area contributed by atoms with Gasteiger partial charge >= 0.3 is 0 Å². The number of benzene rings is 3. The van der Waals surface area contributed by atoms with E-state index >= 15 is 0 Å². The van der Waals surface area contributed by atoms with Gasteiger partial charge in [-0.15, -0.1) is 0 Å². The number of anilines is 2. The summed E-state index contributed by atoms with van der Waals surface area (Å²) in [6.07, 6.45) is 4.11. The quantitative estimate of drug-likeness (QED) is 0.236. The Morgan fingerprint density at radius 1 is 0.914 bits per heavy atom. The Kier molecular flexibility index (Phi) is 7.74. The fourth-order valence-electron chi connectivity index (χ4n) is 2.95. The fourth-order valence-corrected chi connectivity index (χ4v) is 4.04. The van der Waals surface area contributed by atoms with Crippen molar-refractivity contribution in [2.75, 3.05) is 17.3 Å². The van der Waals surface area contributed by atoms with Gasteiger partial charge in [-0.2, -0.15) is 5.10 Å². The molecule has 0 fully saturated rings. The number of para-hydroxylation sites is 3. The van der Waals surface area contributed by atoms with Crippen molar-refractivity contribution in [3.8, 4) is 5.75 Å². The summed E-state index contributed by atoms with van der Waals surface area (Å²) < 4.78 is 33.0. The topological polar surface area (TPSA) is 166 Å². The maximum absolute atomic E-state index is 12.8. The molecule has 3 aromatic carbocycles. The van der Waals surface area contributed by atoms with Crippen molar-refractivity contribution >= 4 is 45.1 Å². The lowest BCUT2D eigenvalue weighted by Gasteiger charge is -2.12. The molecule has 0 radical (unpaired) electrons. The number of methoxy groups -OCH3 is 1. The van der Waals surface area contributed by atoms with Crippen molar-refractivity contribution in [1.82, 2.24) is 0 Å². The Bertz CT molecular complexity index is 1420. The van der Waals surface area contributed by atoms with Crippen LogP contribution in [0.3, 0.4) is 0 Å². The molecule has 0 heterocycles. The summed E-state index contributed by atoms with van der Waals surface area (Å²) in [5, 5.41) is 26.4. The second-order valence-corrected chi connectivity index (χ2v) is 8.49. The number of ether oxygens (including phenoxy) is 1. The first-order valence-corrected chi connectivity index (χ1v) is 11.3. The maximum atomic E-state index is 12.8. The highest BCUT2D eigenvalue weighted by Gasteiger charge is 2.22. The third kappa shape index (κ3) is 6.17. The number of sulfonamides is 1. The van der Waals surface area contributed by atoms with E-state index in [1.807, 2.05) is 0 Å². The number of nitro benzene ring substituents is 2. The van der Waals surface area contributed by atoms with Crippen molar-refractivity contribution in [3.05, 3.63) is 98.6 Å². The predicted octanol–water partition coefficient (Wildman–Crippen LogP) is 4.42. The van der Waals surface area contributed by atoms with E-state index in [0.29, 0.717) is 5.56 Å². The van der Waals surface area contributed by atoms with E-state index in [9.17, 15) is 28.6 Å². The average Bonchev–Trinajstić information content (AvgIpc) is 2.84. The normalized spacial score (nSPS) is 11.5. The van der Waals surface area contributed by atoms with Crippen molar-refractivity contribution in [2.45, 2.75) is 4.90 Å². The van der Waals surface area contributed by atoms with Crippen LogP contribution in [0, 0.1) is 20.2 Å². The van der Waals surface area contributed by atoms with E-state index in [1.54, 1.807) is 36.4 Å². The second kappa shape index (κ2) is 10.9. The number of nitrogens with one attached hydrogen (secondary N) is 2. The lowest BCUT2D eigenvalue weighted by atomic mass is 10.2. The van der Waals surface area contributed by atoms with Crippen molar-refractivity contribution < 1.29 is 23.0 Å². The molecule has 0 saturated carbocycles. The van der Waals surface area contributed by atoms with Gasteiger partial charge in [0.1, 0.15) is 11.4 Å². The Balaban J connectivity index is 1.79. The molecule has 0 atom stereocenters. The fraction of sp³-hybridized carbons (Fsp3) is 0.0455. The minimum Gasteiger partial charge on any atom is -0.495 e. The molecule has 3 aromatic rings. The van der Waals surface area contributed by atoms with Crippen LogP contribution < -0.4 is 14.9 Å². The van der Waals surface area contributed by atoms with Crippen LogP contribution in [-0.2, 0) is 10.0 Å². The predicted molar refractivity (Wildman–Crippen MR) is 131 cm³/mol. The van der Waals surface area contributed by atoms with E-state index < -0.39 is 25.6 Å². The zero-order chi connectivity index (χ0) is 25.4. The van der Waals surface area contributed by atoms with Crippen LogP contribution in [-0.4, -0.2) is 31.6 Å². The minimum atomic E-state index is -4.16. The van der Waals surface area contributed by atoms with Gasteiger partial charge in [0.05, 0.1) is 33.1 Å². The number of rotatable bonds is 10. The summed E-state index contributed by atoms with van der Waals surface area (Å²) in [7, 11) is -2.77. The molecule has 2 N–H and O–H groups in total. The third-order valence-electron chi connectivity index (χ3n) is 4.58. The molecule has 12 nitrogen and oxygen atoms in total. The summed E-state index contributed by atoms with van der Waals surface area (Å²) in [4.78, 5) is 21.0. The maximum Gasteiger partial charge on any atom is 0.295 e. The van der Waals surface area contributed by atoms with Crippen LogP contribution in [0.5, 0.6) is 5.75 Å². The van der Waals surface area contributed by atoms with Crippen LogP contribution in [0.25, 0.3) is 6.08 Å². The van der Waals surface area contributed by atoms with Crippen LogP contribution in [0.15, 0.2) is 82.8 Å². The van der Waals surface area contributed by atoms with Crippen LogP contribution >= 0.6 is 0 Å². The van der Waals surface area contributed by atoms with Gasteiger partial charge < -0.3 is 4.74 Å². The van der Waals surface area contributed by atoms with E-state index in [0.717, 1.165) is 6.07 Å². The van der Waals surface area contributed by atoms with Crippen molar-refractivity contribution in [1.29, 1.82) is 0 Å². The number of nitrogens with zero attached hydrogens (tertiary/aromatic N) is 3. The first-order valence-electron chi connectivity index (χ1n) is 9.86. The second-order valence-electron chi connectivity index (χ2n) is 6.81. The molecule has 0 amide bonds. The van der Waals surface area contributed by atoms with Crippen LogP contribution in [0.2, 0.25) is 0 Å². The molecule has 0 bridgehead atoms. The molecule has 0 aliphatic heterocycles. The van der Waals surface area contributed by atoms with Gasteiger partial charge in [0, 0.05) is 18.3 Å². The lowest BCUT2D eigenvalue weighted by Crippen LogP contribution is -2.14. The summed E-state index contributed by atoms with van der Waals surface area (Å²) in [6.45, 7) is 0. The van der Waals surface area contributed by atoms with Gasteiger partial charge in [-0.1, -0.05) is 24.3 Å². The van der Waals surface area contributed by atoms with E-state index in [1.165, 1.54) is 49.7 Å². The Morgan fingerprint density at radius 2 is 1.60 bits per heavy atom. The number of allylic oxidation sites excluding steroid dienone is 1. The van der Waals surface area contributed by atoms with Gasteiger partial charge in [0.2, 0.25) is 0 Å². The van der Waals surface area contributed by atoms with Crippen LogP contribution in [0.4, 0.5) is 22.7 Å². The lowest BCUT2D eigenvalue weighted by molar-refractivity contribution is -0.385. The number of hydrogen-bond donors (Lipinski definition) is 2. The molecule has 0 aliphatic rings. The molecule has 13 heteroatoms.